The van der Waals surface area contributed by atoms with E-state index in [9.17, 15) is 0 Å². The molecule has 0 spiro atoms. The molecule has 0 aliphatic heterocycles. The van der Waals surface area contributed by atoms with Crippen LogP contribution in [0.5, 0.6) is 0 Å². The molecule has 0 heterocycles. The fourth-order valence-corrected chi connectivity index (χ4v) is 1.78. The van der Waals surface area contributed by atoms with E-state index in [1.807, 2.05) is 7.05 Å². The van der Waals surface area contributed by atoms with Crippen molar-refractivity contribution in [2.45, 2.75) is 26.4 Å². The van der Waals surface area contributed by atoms with E-state index in [4.69, 9.17) is 10.8 Å². The Kier molecular flexibility index (Phi) is 4.93. The van der Waals surface area contributed by atoms with Crippen LogP contribution in [-0.2, 0) is 6.54 Å². The summed E-state index contributed by atoms with van der Waals surface area (Å²) in [5.74, 6) is 0. The van der Waals surface area contributed by atoms with Gasteiger partial charge in [0.15, 0.2) is 0 Å². The molecule has 3 heteroatoms. The van der Waals surface area contributed by atoms with Crippen LogP contribution in [0.25, 0.3) is 0 Å². The molecule has 0 aliphatic rings. The molecule has 3 N–H and O–H groups in total. The molecule has 1 rings (SSSR count). The largest absolute Gasteiger partial charge is 0.395 e. The van der Waals surface area contributed by atoms with Crippen molar-refractivity contribution < 1.29 is 5.11 Å². The molecule has 16 heavy (non-hydrogen) atoms. The highest BCUT2D eigenvalue weighted by atomic mass is 16.3. The monoisotopic (exact) mass is 222 g/mol. The lowest BCUT2D eigenvalue weighted by atomic mass is 10.1. The summed E-state index contributed by atoms with van der Waals surface area (Å²) >= 11 is 0. The maximum absolute atomic E-state index is 8.90. The molecule has 0 saturated heterocycles. The van der Waals surface area contributed by atoms with Gasteiger partial charge < -0.3 is 15.7 Å². The van der Waals surface area contributed by atoms with Crippen molar-refractivity contribution in [3.8, 4) is 0 Å². The molecule has 1 atom stereocenters. The zero-order valence-corrected chi connectivity index (χ0v) is 10.4. The maximum Gasteiger partial charge on any atom is 0.0595 e. The Hall–Kier alpha value is -0.900. The summed E-state index contributed by atoms with van der Waals surface area (Å²) in [5, 5.41) is 8.90. The lowest BCUT2D eigenvalue weighted by molar-refractivity contribution is 0.218. The van der Waals surface area contributed by atoms with E-state index in [0.717, 1.165) is 6.54 Å². The summed E-state index contributed by atoms with van der Waals surface area (Å²) in [5.41, 5.74) is 9.61. The molecule has 0 aliphatic carbocycles. The fourth-order valence-electron chi connectivity index (χ4n) is 1.78. The van der Waals surface area contributed by atoms with Crippen LogP contribution in [0.3, 0.4) is 0 Å². The second-order valence-electron chi connectivity index (χ2n) is 4.57. The van der Waals surface area contributed by atoms with Gasteiger partial charge in [-0.3, -0.25) is 0 Å². The third kappa shape index (κ3) is 3.93. The Bertz CT molecular complexity index is 339. The van der Waals surface area contributed by atoms with Gasteiger partial charge in [-0.25, -0.2) is 0 Å². The minimum Gasteiger partial charge on any atom is -0.395 e. The van der Waals surface area contributed by atoms with Crippen molar-refractivity contribution in [1.82, 2.24) is 4.90 Å². The Morgan fingerprint density at radius 1 is 1.38 bits per heavy atom. The van der Waals surface area contributed by atoms with Gasteiger partial charge in [0.2, 0.25) is 0 Å². The molecule has 0 fully saturated rings. The van der Waals surface area contributed by atoms with Crippen molar-refractivity contribution in [1.29, 1.82) is 0 Å². The first-order valence-corrected chi connectivity index (χ1v) is 5.64. The number of aliphatic hydroxyl groups is 1. The summed E-state index contributed by atoms with van der Waals surface area (Å²) in [6, 6.07) is 6.31. The van der Waals surface area contributed by atoms with Crippen LogP contribution in [0.15, 0.2) is 18.2 Å². The highest BCUT2D eigenvalue weighted by Gasteiger charge is 2.07. The standard InChI is InChI=1S/C13H22N2O/c1-10-4-5-11(2)12(6-10)7-15(3)8-13(14)9-16/h4-6,13,16H,7-9,14H2,1-3H3. The van der Waals surface area contributed by atoms with Crippen molar-refractivity contribution in [2.24, 2.45) is 5.73 Å². The van der Waals surface area contributed by atoms with E-state index in [2.05, 4.69) is 36.9 Å². The van der Waals surface area contributed by atoms with Gasteiger partial charge in [0, 0.05) is 19.1 Å². The number of hydrogen-bond donors (Lipinski definition) is 2. The number of hydrogen-bond acceptors (Lipinski definition) is 3. The molecule has 0 bridgehead atoms. The molecular formula is C13H22N2O. The van der Waals surface area contributed by atoms with E-state index in [1.54, 1.807) is 0 Å². The molecule has 0 radical (unpaired) electrons. The Labute approximate surface area is 97.9 Å². The quantitative estimate of drug-likeness (QED) is 0.783. The van der Waals surface area contributed by atoms with Crippen LogP contribution < -0.4 is 5.73 Å². The van der Waals surface area contributed by atoms with Gasteiger partial charge in [-0.05, 0) is 32.0 Å². The SMILES string of the molecule is Cc1ccc(C)c(CN(C)CC(N)CO)c1. The number of rotatable bonds is 5. The summed E-state index contributed by atoms with van der Waals surface area (Å²) in [4.78, 5) is 2.14. The predicted molar refractivity (Wildman–Crippen MR) is 67.3 cm³/mol. The molecule has 0 saturated carbocycles. The van der Waals surface area contributed by atoms with Crippen molar-refractivity contribution >= 4 is 0 Å². The summed E-state index contributed by atoms with van der Waals surface area (Å²) in [7, 11) is 2.03. The minimum atomic E-state index is -0.157. The number of aryl methyl sites for hydroxylation is 2. The fraction of sp³-hybridized carbons (Fsp3) is 0.538. The number of likely N-dealkylation sites (N-methyl/N-ethyl adjacent to an activating group) is 1. The third-order valence-electron chi connectivity index (χ3n) is 2.73. The van der Waals surface area contributed by atoms with Crippen LogP contribution in [0, 0.1) is 13.8 Å². The van der Waals surface area contributed by atoms with Gasteiger partial charge in [0.05, 0.1) is 6.61 Å². The number of aliphatic hydroxyl groups excluding tert-OH is 1. The molecular weight excluding hydrogens is 200 g/mol. The predicted octanol–water partition coefficient (Wildman–Crippen LogP) is 1.05. The van der Waals surface area contributed by atoms with Gasteiger partial charge in [-0.1, -0.05) is 23.8 Å². The molecule has 1 aromatic rings. The molecule has 1 aromatic carbocycles. The molecule has 3 nitrogen and oxygen atoms in total. The average Bonchev–Trinajstić information content (AvgIpc) is 2.23. The second-order valence-corrected chi connectivity index (χ2v) is 4.57. The zero-order chi connectivity index (χ0) is 12.1. The zero-order valence-electron chi connectivity index (χ0n) is 10.4. The van der Waals surface area contributed by atoms with Crippen molar-refractivity contribution in [3.63, 3.8) is 0 Å². The van der Waals surface area contributed by atoms with E-state index < -0.39 is 0 Å². The summed E-state index contributed by atoms with van der Waals surface area (Å²) < 4.78 is 0. The minimum absolute atomic E-state index is 0.0388. The van der Waals surface area contributed by atoms with Crippen LogP contribution in [-0.4, -0.2) is 36.2 Å². The number of benzene rings is 1. The van der Waals surface area contributed by atoms with Crippen LogP contribution >= 0.6 is 0 Å². The third-order valence-corrected chi connectivity index (χ3v) is 2.73. The van der Waals surface area contributed by atoms with E-state index in [1.165, 1.54) is 16.7 Å². The smallest absolute Gasteiger partial charge is 0.0595 e. The lowest BCUT2D eigenvalue weighted by Gasteiger charge is -2.21. The molecule has 0 amide bonds. The summed E-state index contributed by atoms with van der Waals surface area (Å²) in [6.07, 6.45) is 0. The van der Waals surface area contributed by atoms with Gasteiger partial charge >= 0.3 is 0 Å². The van der Waals surface area contributed by atoms with Crippen molar-refractivity contribution in [3.05, 3.63) is 34.9 Å². The van der Waals surface area contributed by atoms with Gasteiger partial charge in [0.25, 0.3) is 0 Å². The van der Waals surface area contributed by atoms with Crippen LogP contribution in [0.4, 0.5) is 0 Å². The average molecular weight is 222 g/mol. The molecule has 90 valence electrons. The Morgan fingerprint density at radius 2 is 2.06 bits per heavy atom. The van der Waals surface area contributed by atoms with E-state index in [0.29, 0.717) is 6.54 Å². The second kappa shape index (κ2) is 5.99. The first kappa shape index (κ1) is 13.2. The van der Waals surface area contributed by atoms with Gasteiger partial charge in [-0.15, -0.1) is 0 Å². The van der Waals surface area contributed by atoms with Crippen LogP contribution in [0.1, 0.15) is 16.7 Å². The number of nitrogens with two attached hydrogens (primary N) is 1. The molecule has 1 unspecified atom stereocenters. The van der Waals surface area contributed by atoms with Gasteiger partial charge in [-0.2, -0.15) is 0 Å². The highest BCUT2D eigenvalue weighted by molar-refractivity contribution is 5.30. The normalized spacial score (nSPS) is 13.1. The topological polar surface area (TPSA) is 49.5 Å². The maximum atomic E-state index is 8.90. The van der Waals surface area contributed by atoms with E-state index >= 15 is 0 Å². The Balaban J connectivity index is 2.61. The first-order valence-electron chi connectivity index (χ1n) is 5.64. The molecule has 0 aromatic heterocycles. The Morgan fingerprint density at radius 3 is 2.69 bits per heavy atom. The summed E-state index contributed by atoms with van der Waals surface area (Å²) in [6.45, 7) is 5.85. The number of nitrogens with zero attached hydrogens (tertiary/aromatic N) is 1. The van der Waals surface area contributed by atoms with Crippen LogP contribution in [0.2, 0.25) is 0 Å². The van der Waals surface area contributed by atoms with Crippen molar-refractivity contribution in [2.75, 3.05) is 20.2 Å². The van der Waals surface area contributed by atoms with E-state index in [-0.39, 0.29) is 12.6 Å². The lowest BCUT2D eigenvalue weighted by Crippen LogP contribution is -2.37. The first-order chi connectivity index (χ1) is 7.52. The highest BCUT2D eigenvalue weighted by Crippen LogP contribution is 2.12. The van der Waals surface area contributed by atoms with Gasteiger partial charge in [0.1, 0.15) is 0 Å².